The first kappa shape index (κ1) is 27.4. The van der Waals surface area contributed by atoms with E-state index in [2.05, 4.69) is 0 Å². The maximum Gasteiger partial charge on any atom is 0.195 e. The number of ether oxygens (including phenoxy) is 3. The monoisotopic (exact) mass is 474 g/mol. The number of ketones is 1. The van der Waals surface area contributed by atoms with Gasteiger partial charge < -0.3 is 70.4 Å². The van der Waals surface area contributed by atoms with Crippen molar-refractivity contribution in [3.63, 3.8) is 0 Å². The molecule has 0 aromatic rings. The molecular formula is C17H30O15. The minimum atomic E-state index is -2.33. The number of rotatable bonds is 9. The highest BCUT2D eigenvalue weighted by atomic mass is 16.7. The number of hydrogen-bond donors (Lipinski definition) is 11. The summed E-state index contributed by atoms with van der Waals surface area (Å²) in [6.45, 7) is -2.67. The molecule has 11 N–H and O–H groups in total. The molecule has 0 aliphatic carbocycles. The molecule has 1 unspecified atom stereocenters. The summed E-state index contributed by atoms with van der Waals surface area (Å²) in [5, 5.41) is 107. The Labute approximate surface area is 181 Å². The first-order valence-corrected chi connectivity index (χ1v) is 9.77. The van der Waals surface area contributed by atoms with Crippen LogP contribution < -0.4 is 0 Å². The quantitative estimate of drug-likeness (QED) is 0.148. The van der Waals surface area contributed by atoms with Gasteiger partial charge in [0.1, 0.15) is 73.2 Å². The summed E-state index contributed by atoms with van der Waals surface area (Å²) in [4.78, 5) is 12.4. The van der Waals surface area contributed by atoms with Crippen LogP contribution in [0.25, 0.3) is 0 Å². The summed E-state index contributed by atoms with van der Waals surface area (Å²) in [7, 11) is 0. The molecule has 15 heteroatoms. The van der Waals surface area contributed by atoms with Gasteiger partial charge in [-0.05, 0) is 0 Å². The molecule has 188 valence electrons. The summed E-state index contributed by atoms with van der Waals surface area (Å²) in [6.07, 6.45) is -24.1. The van der Waals surface area contributed by atoms with Crippen LogP contribution in [0.3, 0.4) is 0 Å². The van der Waals surface area contributed by atoms with Gasteiger partial charge in [-0.25, -0.2) is 0 Å². The molecule has 0 aromatic carbocycles. The van der Waals surface area contributed by atoms with Crippen molar-refractivity contribution in [2.24, 2.45) is 0 Å². The minimum Gasteiger partial charge on any atom is -0.394 e. The molecule has 13 atom stereocenters. The molecule has 2 heterocycles. The van der Waals surface area contributed by atoms with Crippen LogP contribution in [0.15, 0.2) is 0 Å². The highest BCUT2D eigenvalue weighted by molar-refractivity contribution is 5.88. The number of carbonyl (C=O) groups is 1. The summed E-state index contributed by atoms with van der Waals surface area (Å²) in [6, 6.07) is 0. The van der Waals surface area contributed by atoms with Gasteiger partial charge in [-0.1, -0.05) is 0 Å². The lowest BCUT2D eigenvalue weighted by atomic mass is 9.89. The van der Waals surface area contributed by atoms with Gasteiger partial charge in [-0.2, -0.15) is 0 Å². The van der Waals surface area contributed by atoms with Crippen LogP contribution in [0.4, 0.5) is 0 Å². The normalized spacial score (nSPS) is 43.5. The molecule has 2 saturated heterocycles. The number of Topliss-reactive ketones (excluding diaryl/α,β-unsaturated/α-hetero) is 1. The van der Waals surface area contributed by atoms with Crippen molar-refractivity contribution in [3.8, 4) is 0 Å². The van der Waals surface area contributed by atoms with Gasteiger partial charge in [0.05, 0.1) is 19.8 Å². The van der Waals surface area contributed by atoms with Gasteiger partial charge in [-0.3, -0.25) is 4.79 Å². The number of aliphatic hydroxyl groups is 11. The highest BCUT2D eigenvalue weighted by Gasteiger charge is 2.53. The van der Waals surface area contributed by atoms with Crippen LogP contribution in [-0.2, 0) is 19.0 Å². The van der Waals surface area contributed by atoms with E-state index >= 15 is 0 Å². The maximum absolute atomic E-state index is 12.4. The molecule has 2 aliphatic heterocycles. The van der Waals surface area contributed by atoms with Crippen molar-refractivity contribution < 1.29 is 75.2 Å². The van der Waals surface area contributed by atoms with E-state index in [-0.39, 0.29) is 0 Å². The minimum absolute atomic E-state index is 0.767. The third-order valence-electron chi connectivity index (χ3n) is 5.48. The van der Waals surface area contributed by atoms with Crippen LogP contribution >= 0.6 is 0 Å². The molecule has 0 aromatic heterocycles. The number of carbonyl (C=O) groups excluding carboxylic acids is 1. The maximum atomic E-state index is 12.4. The van der Waals surface area contributed by atoms with Crippen molar-refractivity contribution in [3.05, 3.63) is 0 Å². The van der Waals surface area contributed by atoms with E-state index in [0.717, 1.165) is 0 Å². The Morgan fingerprint density at radius 3 is 1.91 bits per heavy atom. The fourth-order valence-corrected chi connectivity index (χ4v) is 3.48. The third-order valence-corrected chi connectivity index (χ3v) is 5.48. The van der Waals surface area contributed by atoms with Crippen LogP contribution in [0.1, 0.15) is 0 Å². The molecule has 0 spiro atoms. The lowest BCUT2D eigenvalue weighted by molar-refractivity contribution is -0.340. The van der Waals surface area contributed by atoms with Gasteiger partial charge >= 0.3 is 0 Å². The number of hydrogen-bond acceptors (Lipinski definition) is 15. The molecule has 0 saturated carbocycles. The zero-order chi connectivity index (χ0) is 24.3. The van der Waals surface area contributed by atoms with E-state index in [1.54, 1.807) is 0 Å². The molecule has 2 rings (SSSR count). The Bertz CT molecular complexity index is 602. The van der Waals surface area contributed by atoms with Crippen molar-refractivity contribution in [1.82, 2.24) is 0 Å². The van der Waals surface area contributed by atoms with Crippen LogP contribution in [0.2, 0.25) is 0 Å². The van der Waals surface area contributed by atoms with Crippen molar-refractivity contribution >= 4 is 5.78 Å². The topological polar surface area (TPSA) is 267 Å². The Morgan fingerprint density at radius 2 is 1.38 bits per heavy atom. The Kier molecular flexibility index (Phi) is 9.83. The van der Waals surface area contributed by atoms with Gasteiger partial charge in [0, 0.05) is 0 Å². The van der Waals surface area contributed by atoms with Crippen molar-refractivity contribution in [1.29, 1.82) is 0 Å². The molecule has 0 bridgehead atoms. The van der Waals surface area contributed by atoms with E-state index in [1.165, 1.54) is 0 Å². The van der Waals surface area contributed by atoms with E-state index < -0.39 is 105 Å². The first-order valence-electron chi connectivity index (χ1n) is 9.77. The molecule has 15 nitrogen and oxygen atoms in total. The zero-order valence-corrected chi connectivity index (χ0v) is 16.7. The SMILES string of the molecule is O=C(C1O[C@H](CO)[C@@H](O[C@@H]2O[C@H](CO)[C@H](O)[C@H](O)[C@H]2O)[C@H](O)[C@H]1O)[C@H](O)[C@@H](O)[C@H](O)CO. The Balaban J connectivity index is 2.16. The first-order chi connectivity index (χ1) is 15.0. The van der Waals surface area contributed by atoms with E-state index in [1.807, 2.05) is 0 Å². The van der Waals surface area contributed by atoms with E-state index in [0.29, 0.717) is 0 Å². The molecular weight excluding hydrogens is 444 g/mol. The average molecular weight is 474 g/mol. The fraction of sp³-hybridized carbons (Fsp3) is 0.941. The summed E-state index contributed by atoms with van der Waals surface area (Å²) < 4.78 is 15.7. The molecule has 32 heavy (non-hydrogen) atoms. The van der Waals surface area contributed by atoms with E-state index in [9.17, 15) is 55.9 Å². The summed E-state index contributed by atoms with van der Waals surface area (Å²) in [5.41, 5.74) is 0. The Hall–Kier alpha value is -0.890. The molecule has 0 amide bonds. The molecule has 2 fully saturated rings. The summed E-state index contributed by atoms with van der Waals surface area (Å²) in [5.74, 6) is -1.37. The average Bonchev–Trinajstić information content (AvgIpc) is 2.80. The third kappa shape index (κ3) is 5.43. The van der Waals surface area contributed by atoms with Gasteiger partial charge in [0.25, 0.3) is 0 Å². The van der Waals surface area contributed by atoms with E-state index in [4.69, 9.17) is 19.3 Å². The molecule has 0 radical (unpaired) electrons. The second kappa shape index (κ2) is 11.5. The van der Waals surface area contributed by atoms with Crippen LogP contribution in [0.5, 0.6) is 0 Å². The summed E-state index contributed by atoms with van der Waals surface area (Å²) >= 11 is 0. The number of aliphatic hydroxyl groups excluding tert-OH is 11. The van der Waals surface area contributed by atoms with Crippen LogP contribution in [-0.4, -0.2) is 161 Å². The van der Waals surface area contributed by atoms with Gasteiger partial charge in [0.2, 0.25) is 0 Å². The second-order valence-corrected chi connectivity index (χ2v) is 7.64. The van der Waals surface area contributed by atoms with Gasteiger partial charge in [-0.15, -0.1) is 0 Å². The predicted octanol–water partition coefficient (Wildman–Crippen LogP) is -7.70. The second-order valence-electron chi connectivity index (χ2n) is 7.64. The Morgan fingerprint density at radius 1 is 0.781 bits per heavy atom. The fourth-order valence-electron chi connectivity index (χ4n) is 3.48. The lowest BCUT2D eigenvalue weighted by Gasteiger charge is -2.46. The van der Waals surface area contributed by atoms with Crippen molar-refractivity contribution in [2.75, 3.05) is 19.8 Å². The predicted molar refractivity (Wildman–Crippen MR) is 96.5 cm³/mol. The van der Waals surface area contributed by atoms with Crippen LogP contribution in [0, 0.1) is 0 Å². The standard InChI is InChI=1S/C17H30O15/c18-1-4(21)7(22)9(24)11(26)16-13(28)12(27)15(6(3-20)30-16)32-17-14(29)10(25)8(23)5(2-19)31-17/h4-10,12-25,27-29H,1-3H2/t4-,5-,6-,7+,8+,9-,10+,12-,13-,14-,15-,16?,17+/m1/s1. The van der Waals surface area contributed by atoms with Gasteiger partial charge in [0.15, 0.2) is 12.1 Å². The largest absolute Gasteiger partial charge is 0.394 e. The highest BCUT2D eigenvalue weighted by Crippen LogP contribution is 2.30. The smallest absolute Gasteiger partial charge is 0.195 e. The lowest BCUT2D eigenvalue weighted by Crippen LogP contribution is -2.66. The molecule has 2 aliphatic rings. The van der Waals surface area contributed by atoms with Crippen molar-refractivity contribution in [2.45, 2.75) is 79.5 Å². The zero-order valence-electron chi connectivity index (χ0n) is 16.7.